The normalized spacial score (nSPS) is 12.5. The molecule has 1 N–H and O–H groups in total. The zero-order valence-electron chi connectivity index (χ0n) is 18.4. The zero-order chi connectivity index (χ0) is 22.9. The molecule has 0 aliphatic carbocycles. The third-order valence-electron chi connectivity index (χ3n) is 5.83. The van der Waals surface area contributed by atoms with Crippen LogP contribution in [0.1, 0.15) is 40.7 Å². The molecule has 1 unspecified atom stereocenters. The average Bonchev–Trinajstić information content (AvgIpc) is 3.53. The predicted molar refractivity (Wildman–Crippen MR) is 132 cm³/mol. The molecule has 0 saturated heterocycles. The van der Waals surface area contributed by atoms with Gasteiger partial charge in [-0.1, -0.05) is 32.0 Å². The van der Waals surface area contributed by atoms with Crippen molar-refractivity contribution in [2.75, 3.05) is 0 Å². The first-order valence-electron chi connectivity index (χ1n) is 10.9. The molecule has 1 aromatic carbocycles. The smallest absolute Gasteiger partial charge is 0.276 e. The van der Waals surface area contributed by atoms with Crippen molar-refractivity contribution >= 4 is 33.9 Å². The van der Waals surface area contributed by atoms with Gasteiger partial charge in [-0.05, 0) is 59.3 Å². The van der Waals surface area contributed by atoms with Gasteiger partial charge in [-0.2, -0.15) is 0 Å². The van der Waals surface area contributed by atoms with Gasteiger partial charge in [0.1, 0.15) is 5.52 Å². The summed E-state index contributed by atoms with van der Waals surface area (Å²) >= 11 is 1.64. The number of aromatic nitrogens is 3. The zero-order valence-corrected chi connectivity index (χ0v) is 19.3. The molecule has 0 spiro atoms. The van der Waals surface area contributed by atoms with Crippen molar-refractivity contribution in [3.63, 3.8) is 0 Å². The third-order valence-corrected chi connectivity index (χ3v) is 6.78. The Morgan fingerprint density at radius 1 is 1.06 bits per heavy atom. The van der Waals surface area contributed by atoms with Crippen molar-refractivity contribution in [2.24, 2.45) is 5.92 Å². The minimum absolute atomic E-state index is 0.0475. The fourth-order valence-electron chi connectivity index (χ4n) is 4.18. The van der Waals surface area contributed by atoms with Crippen molar-refractivity contribution in [3.05, 3.63) is 105 Å². The maximum absolute atomic E-state index is 13.2. The van der Waals surface area contributed by atoms with Crippen molar-refractivity contribution < 1.29 is 4.79 Å². The number of rotatable bonds is 6. The fraction of sp³-hybridized carbons (Fsp3) is 0.192. The Bertz CT molecular complexity index is 1500. The Kier molecular flexibility index (Phi) is 5.56. The highest BCUT2D eigenvalue weighted by atomic mass is 32.1. The summed E-state index contributed by atoms with van der Waals surface area (Å²) in [6.07, 6.45) is 3.56. The molecule has 33 heavy (non-hydrogen) atoms. The van der Waals surface area contributed by atoms with E-state index in [0.717, 1.165) is 16.0 Å². The van der Waals surface area contributed by atoms with Gasteiger partial charge in [0.2, 0.25) is 0 Å². The molecule has 1 atom stereocenters. The lowest BCUT2D eigenvalue weighted by Gasteiger charge is -2.21. The second-order valence-electron chi connectivity index (χ2n) is 8.41. The molecule has 0 fully saturated rings. The van der Waals surface area contributed by atoms with Crippen LogP contribution in [-0.4, -0.2) is 19.9 Å². The average molecular weight is 457 g/mol. The first kappa shape index (κ1) is 21.2. The number of hydrogen-bond acceptors (Lipinski definition) is 4. The summed E-state index contributed by atoms with van der Waals surface area (Å²) in [6.45, 7) is 4.53. The van der Waals surface area contributed by atoms with Crippen LogP contribution in [0.5, 0.6) is 0 Å². The number of carbonyl (C=O) groups is 1. The minimum atomic E-state index is -0.124. The lowest BCUT2D eigenvalue weighted by atomic mass is 10.0. The van der Waals surface area contributed by atoms with E-state index in [2.05, 4.69) is 24.1 Å². The standard InChI is InChI=1S/C26H24N4O2S/c1-17(2)23(22-11-6-14-33-22)28-25(31)19-8-3-7-18(15-19)16-30-24-20(9-4-12-27-24)29-13-5-10-21(29)26(30)32/h3-15,17,23H,16H2,1-2H3,(H,28,31). The third kappa shape index (κ3) is 3.96. The van der Waals surface area contributed by atoms with Crippen LogP contribution in [0, 0.1) is 5.92 Å². The van der Waals surface area contributed by atoms with E-state index in [1.165, 1.54) is 0 Å². The van der Waals surface area contributed by atoms with Crippen molar-refractivity contribution in [1.82, 2.24) is 19.3 Å². The maximum atomic E-state index is 13.2. The van der Waals surface area contributed by atoms with Gasteiger partial charge in [0, 0.05) is 22.8 Å². The Hall–Kier alpha value is -3.71. The number of fused-ring (bicyclic) bond motifs is 3. The van der Waals surface area contributed by atoms with Gasteiger partial charge in [-0.25, -0.2) is 4.98 Å². The van der Waals surface area contributed by atoms with E-state index in [1.54, 1.807) is 28.2 Å². The molecule has 0 radical (unpaired) electrons. The van der Waals surface area contributed by atoms with Gasteiger partial charge in [0.15, 0.2) is 5.65 Å². The van der Waals surface area contributed by atoms with Gasteiger partial charge in [-0.3, -0.25) is 14.2 Å². The molecular formula is C26H24N4O2S. The molecule has 0 aliphatic rings. The first-order valence-corrected chi connectivity index (χ1v) is 11.8. The largest absolute Gasteiger partial charge is 0.344 e. The second-order valence-corrected chi connectivity index (χ2v) is 9.39. The second kappa shape index (κ2) is 8.67. The van der Waals surface area contributed by atoms with Gasteiger partial charge >= 0.3 is 0 Å². The quantitative estimate of drug-likeness (QED) is 0.396. The summed E-state index contributed by atoms with van der Waals surface area (Å²) in [6, 6.07) is 18.9. The molecule has 0 aliphatic heterocycles. The lowest BCUT2D eigenvalue weighted by molar-refractivity contribution is 0.0926. The summed E-state index contributed by atoms with van der Waals surface area (Å²) in [4.78, 5) is 31.9. The topological polar surface area (TPSA) is 68.4 Å². The van der Waals surface area contributed by atoms with Gasteiger partial charge in [0.05, 0.1) is 18.1 Å². The van der Waals surface area contributed by atoms with E-state index < -0.39 is 0 Å². The Balaban J connectivity index is 1.48. The molecule has 0 bridgehead atoms. The molecule has 7 heteroatoms. The fourth-order valence-corrected chi connectivity index (χ4v) is 5.13. The van der Waals surface area contributed by atoms with Crippen LogP contribution in [0.25, 0.3) is 16.7 Å². The lowest BCUT2D eigenvalue weighted by Crippen LogP contribution is -2.31. The first-order chi connectivity index (χ1) is 16.0. The van der Waals surface area contributed by atoms with E-state index in [0.29, 0.717) is 23.3 Å². The Morgan fingerprint density at radius 3 is 2.70 bits per heavy atom. The molecule has 6 nitrogen and oxygen atoms in total. The number of nitrogens with one attached hydrogen (secondary N) is 1. The molecule has 0 saturated carbocycles. The molecule has 4 aromatic heterocycles. The van der Waals surface area contributed by atoms with E-state index in [9.17, 15) is 9.59 Å². The number of pyridine rings is 1. The van der Waals surface area contributed by atoms with Crippen LogP contribution in [0.15, 0.2) is 83.2 Å². The monoisotopic (exact) mass is 456 g/mol. The van der Waals surface area contributed by atoms with Crippen molar-refractivity contribution in [1.29, 1.82) is 0 Å². The van der Waals surface area contributed by atoms with Crippen LogP contribution in [0.4, 0.5) is 0 Å². The number of benzene rings is 1. The van der Waals surface area contributed by atoms with E-state index in [-0.39, 0.29) is 23.4 Å². The summed E-state index contributed by atoms with van der Waals surface area (Å²) in [7, 11) is 0. The number of carbonyl (C=O) groups excluding carboxylic acids is 1. The maximum Gasteiger partial charge on any atom is 0.276 e. The minimum Gasteiger partial charge on any atom is -0.344 e. The van der Waals surface area contributed by atoms with Crippen LogP contribution in [0.3, 0.4) is 0 Å². The highest BCUT2D eigenvalue weighted by Crippen LogP contribution is 2.26. The molecular weight excluding hydrogens is 432 g/mol. The van der Waals surface area contributed by atoms with Crippen molar-refractivity contribution in [3.8, 4) is 0 Å². The van der Waals surface area contributed by atoms with Crippen LogP contribution < -0.4 is 10.9 Å². The summed E-state index contributed by atoms with van der Waals surface area (Å²) in [5, 5.41) is 5.20. The van der Waals surface area contributed by atoms with Gasteiger partial charge in [0.25, 0.3) is 11.5 Å². The molecule has 1 amide bonds. The van der Waals surface area contributed by atoms with E-state index in [4.69, 9.17) is 0 Å². The van der Waals surface area contributed by atoms with E-state index in [1.807, 2.05) is 70.6 Å². The molecule has 166 valence electrons. The van der Waals surface area contributed by atoms with Crippen LogP contribution in [-0.2, 0) is 6.54 Å². The van der Waals surface area contributed by atoms with Crippen molar-refractivity contribution in [2.45, 2.75) is 26.4 Å². The number of amides is 1. The predicted octanol–water partition coefficient (Wildman–Crippen LogP) is 4.89. The summed E-state index contributed by atoms with van der Waals surface area (Å²) in [5.74, 6) is 0.141. The van der Waals surface area contributed by atoms with Crippen LogP contribution >= 0.6 is 11.3 Å². The Labute approximate surface area is 195 Å². The molecule has 5 rings (SSSR count). The summed E-state index contributed by atoms with van der Waals surface area (Å²) in [5.41, 5.74) is 3.40. The Morgan fingerprint density at radius 2 is 1.91 bits per heavy atom. The highest BCUT2D eigenvalue weighted by molar-refractivity contribution is 7.10. The SMILES string of the molecule is CC(C)C(NC(=O)c1cccc(Cn2c(=O)c3cccn3c3cccnc32)c1)c1cccs1. The van der Waals surface area contributed by atoms with Crippen LogP contribution in [0.2, 0.25) is 0 Å². The summed E-state index contributed by atoms with van der Waals surface area (Å²) < 4.78 is 3.53. The van der Waals surface area contributed by atoms with Gasteiger partial charge in [-0.15, -0.1) is 11.3 Å². The number of thiophene rings is 1. The molecule has 5 aromatic rings. The number of nitrogens with zero attached hydrogens (tertiary/aromatic N) is 3. The highest BCUT2D eigenvalue weighted by Gasteiger charge is 2.20. The number of hydrogen-bond donors (Lipinski definition) is 1. The van der Waals surface area contributed by atoms with E-state index >= 15 is 0 Å². The molecule has 4 heterocycles. The van der Waals surface area contributed by atoms with Gasteiger partial charge < -0.3 is 9.72 Å².